The summed E-state index contributed by atoms with van der Waals surface area (Å²) in [6.45, 7) is 12.2. The van der Waals surface area contributed by atoms with E-state index in [1.54, 1.807) is 11.3 Å². The van der Waals surface area contributed by atoms with Crippen LogP contribution in [0.2, 0.25) is 0 Å². The smallest absolute Gasteiger partial charge is 0.262 e. The Morgan fingerprint density at radius 2 is 1.87 bits per heavy atom. The monoisotopic (exact) mass is 430 g/mol. The summed E-state index contributed by atoms with van der Waals surface area (Å²) < 4.78 is 1.96. The van der Waals surface area contributed by atoms with Gasteiger partial charge in [0.05, 0.1) is 18.0 Å². The van der Waals surface area contributed by atoms with Crippen LogP contribution in [0.15, 0.2) is 4.79 Å². The number of hydrogen-bond donors (Lipinski definition) is 0. The number of thiophene rings is 1. The highest BCUT2D eigenvalue weighted by Gasteiger charge is 2.29. The van der Waals surface area contributed by atoms with Crippen molar-refractivity contribution in [1.29, 1.82) is 0 Å². The van der Waals surface area contributed by atoms with E-state index < -0.39 is 0 Å². The maximum atomic E-state index is 13.6. The van der Waals surface area contributed by atoms with E-state index >= 15 is 0 Å². The number of hydrogen-bond acceptors (Lipinski definition) is 5. The van der Waals surface area contributed by atoms with E-state index in [9.17, 15) is 9.59 Å². The molecule has 30 heavy (non-hydrogen) atoms. The number of aryl methyl sites for hydroxylation is 2. The molecule has 2 fully saturated rings. The first-order valence-electron chi connectivity index (χ1n) is 11.4. The summed E-state index contributed by atoms with van der Waals surface area (Å²) >= 11 is 1.62. The number of carbonyl (C=O) groups excluding carboxylic acids is 1. The molecule has 1 unspecified atom stereocenters. The van der Waals surface area contributed by atoms with Crippen LogP contribution in [0, 0.1) is 13.8 Å². The van der Waals surface area contributed by atoms with Crippen molar-refractivity contribution >= 4 is 27.5 Å². The second kappa shape index (κ2) is 8.79. The normalized spacial score (nSPS) is 21.0. The third-order valence-corrected chi connectivity index (χ3v) is 7.79. The number of likely N-dealkylation sites (tertiary alicyclic amines) is 2. The van der Waals surface area contributed by atoms with Gasteiger partial charge in [-0.3, -0.25) is 19.1 Å². The topological polar surface area (TPSA) is 58.4 Å². The van der Waals surface area contributed by atoms with Gasteiger partial charge >= 0.3 is 0 Å². The molecular formula is C23H34N4O2S. The molecule has 0 bridgehead atoms. The number of aromatic nitrogens is 2. The molecule has 4 rings (SSSR count). The summed E-state index contributed by atoms with van der Waals surface area (Å²) in [6.07, 6.45) is 5.43. The van der Waals surface area contributed by atoms with Crippen LogP contribution in [0.25, 0.3) is 10.2 Å². The first-order valence-corrected chi connectivity index (χ1v) is 12.2. The van der Waals surface area contributed by atoms with Gasteiger partial charge in [-0.25, -0.2) is 4.98 Å². The van der Waals surface area contributed by atoms with Gasteiger partial charge in [-0.1, -0.05) is 13.8 Å². The molecule has 0 radical (unpaired) electrons. The van der Waals surface area contributed by atoms with E-state index in [4.69, 9.17) is 4.98 Å². The lowest BCUT2D eigenvalue weighted by Crippen LogP contribution is -2.47. The van der Waals surface area contributed by atoms with E-state index in [1.165, 1.54) is 11.3 Å². The lowest BCUT2D eigenvalue weighted by Gasteiger charge is -2.36. The zero-order valence-electron chi connectivity index (χ0n) is 18.7. The largest absolute Gasteiger partial charge is 0.342 e. The molecule has 0 aliphatic carbocycles. The quantitative estimate of drug-likeness (QED) is 0.739. The molecule has 164 valence electrons. The Morgan fingerprint density at radius 3 is 2.57 bits per heavy atom. The van der Waals surface area contributed by atoms with Gasteiger partial charge < -0.3 is 4.90 Å². The third-order valence-electron chi connectivity index (χ3n) is 6.69. The number of rotatable bonds is 4. The maximum absolute atomic E-state index is 13.6. The fraction of sp³-hybridized carbons (Fsp3) is 0.696. The first-order chi connectivity index (χ1) is 14.4. The van der Waals surface area contributed by atoms with Crippen molar-refractivity contribution in [3.05, 3.63) is 26.6 Å². The Bertz CT molecular complexity index is 987. The van der Waals surface area contributed by atoms with E-state index in [0.29, 0.717) is 6.54 Å². The average Bonchev–Trinajstić information content (AvgIpc) is 3.02. The Kier molecular flexibility index (Phi) is 6.30. The molecule has 0 aromatic carbocycles. The lowest BCUT2D eigenvalue weighted by atomic mass is 10.0. The molecule has 4 heterocycles. The van der Waals surface area contributed by atoms with E-state index in [-0.39, 0.29) is 23.4 Å². The minimum atomic E-state index is 0.0781. The number of amides is 1. The highest BCUT2D eigenvalue weighted by atomic mass is 32.1. The van der Waals surface area contributed by atoms with Crippen LogP contribution in [0.4, 0.5) is 0 Å². The van der Waals surface area contributed by atoms with E-state index in [2.05, 4.69) is 25.7 Å². The Hall–Kier alpha value is -1.73. The van der Waals surface area contributed by atoms with Crippen molar-refractivity contribution in [2.45, 2.75) is 71.8 Å². The molecule has 0 saturated carbocycles. The molecule has 1 atom stereocenters. The minimum Gasteiger partial charge on any atom is -0.342 e. The molecular weight excluding hydrogens is 396 g/mol. The van der Waals surface area contributed by atoms with Crippen molar-refractivity contribution < 1.29 is 4.79 Å². The summed E-state index contributed by atoms with van der Waals surface area (Å²) in [5.74, 6) is 1.29. The van der Waals surface area contributed by atoms with Gasteiger partial charge in [-0.05, 0) is 58.1 Å². The lowest BCUT2D eigenvalue weighted by molar-refractivity contribution is -0.133. The molecule has 7 heteroatoms. The third kappa shape index (κ3) is 4.06. The maximum Gasteiger partial charge on any atom is 0.262 e. The number of nitrogens with zero attached hydrogens (tertiary/aromatic N) is 4. The Morgan fingerprint density at radius 1 is 1.13 bits per heavy atom. The fourth-order valence-electron chi connectivity index (χ4n) is 4.90. The summed E-state index contributed by atoms with van der Waals surface area (Å²) in [6, 6.07) is 0.0781. The van der Waals surface area contributed by atoms with Crippen LogP contribution < -0.4 is 5.56 Å². The Labute approximate surface area is 182 Å². The van der Waals surface area contributed by atoms with Crippen molar-refractivity contribution in [1.82, 2.24) is 19.4 Å². The average molecular weight is 431 g/mol. The predicted octanol–water partition coefficient (Wildman–Crippen LogP) is 3.85. The highest BCUT2D eigenvalue weighted by Crippen LogP contribution is 2.30. The van der Waals surface area contributed by atoms with Gasteiger partial charge in [-0.15, -0.1) is 11.3 Å². The standard InChI is InChI=1S/C23H34N4O2S/c1-15(2)21-24-22-20(16(3)17(4)30-22)23(29)27(21)18-9-8-10-25(13-18)14-19(28)26-11-6-5-7-12-26/h15,18H,5-14H2,1-4H3. The van der Waals surface area contributed by atoms with Gasteiger partial charge in [0.1, 0.15) is 10.7 Å². The zero-order chi connectivity index (χ0) is 21.4. The molecule has 0 N–H and O–H groups in total. The SMILES string of the molecule is Cc1sc2nc(C(C)C)n(C3CCCN(CC(=O)N4CCCCC4)C3)c(=O)c2c1C. The summed E-state index contributed by atoms with van der Waals surface area (Å²) in [4.78, 5) is 37.6. The Balaban J connectivity index is 1.62. The number of piperidine rings is 2. The zero-order valence-corrected chi connectivity index (χ0v) is 19.6. The predicted molar refractivity (Wildman–Crippen MR) is 123 cm³/mol. The molecule has 1 amide bonds. The van der Waals surface area contributed by atoms with Crippen molar-refractivity contribution in [3.63, 3.8) is 0 Å². The molecule has 2 aromatic rings. The molecule has 2 aliphatic rings. The fourth-order valence-corrected chi connectivity index (χ4v) is 5.93. The second-order valence-corrected chi connectivity index (χ2v) is 10.4. The number of fused-ring (bicyclic) bond motifs is 1. The van der Waals surface area contributed by atoms with Gasteiger partial charge in [0, 0.05) is 30.4 Å². The van der Waals surface area contributed by atoms with Gasteiger partial charge in [0.2, 0.25) is 5.91 Å². The van der Waals surface area contributed by atoms with Crippen molar-refractivity contribution in [2.75, 3.05) is 32.7 Å². The van der Waals surface area contributed by atoms with Crippen molar-refractivity contribution in [3.8, 4) is 0 Å². The van der Waals surface area contributed by atoms with Crippen LogP contribution in [0.3, 0.4) is 0 Å². The molecule has 6 nitrogen and oxygen atoms in total. The molecule has 2 aromatic heterocycles. The van der Waals surface area contributed by atoms with Crippen LogP contribution in [0.5, 0.6) is 0 Å². The minimum absolute atomic E-state index is 0.0781. The highest BCUT2D eigenvalue weighted by molar-refractivity contribution is 7.18. The van der Waals surface area contributed by atoms with Crippen molar-refractivity contribution in [2.24, 2.45) is 0 Å². The summed E-state index contributed by atoms with van der Waals surface area (Å²) in [5, 5.41) is 0.781. The molecule has 2 aliphatic heterocycles. The van der Waals surface area contributed by atoms with E-state index in [1.807, 2.05) is 16.4 Å². The van der Waals surface area contributed by atoms with Gasteiger partial charge in [0.15, 0.2) is 0 Å². The van der Waals surface area contributed by atoms with Crippen LogP contribution in [-0.4, -0.2) is 58.0 Å². The summed E-state index contributed by atoms with van der Waals surface area (Å²) in [7, 11) is 0. The molecule has 2 saturated heterocycles. The summed E-state index contributed by atoms with van der Waals surface area (Å²) in [5.41, 5.74) is 1.16. The van der Waals surface area contributed by atoms with Gasteiger partial charge in [-0.2, -0.15) is 0 Å². The van der Waals surface area contributed by atoms with Crippen LogP contribution in [-0.2, 0) is 4.79 Å². The number of carbonyl (C=O) groups is 1. The van der Waals surface area contributed by atoms with Crippen LogP contribution >= 0.6 is 11.3 Å². The van der Waals surface area contributed by atoms with E-state index in [0.717, 1.165) is 73.5 Å². The van der Waals surface area contributed by atoms with Crippen LogP contribution in [0.1, 0.15) is 74.2 Å². The first kappa shape index (κ1) is 21.5. The molecule has 0 spiro atoms. The second-order valence-electron chi connectivity index (χ2n) is 9.24. The van der Waals surface area contributed by atoms with Gasteiger partial charge in [0.25, 0.3) is 5.56 Å².